The first kappa shape index (κ1) is 14.5. The van der Waals surface area contributed by atoms with E-state index in [2.05, 4.69) is 6.07 Å². The highest BCUT2D eigenvalue weighted by Gasteiger charge is 2.34. The summed E-state index contributed by atoms with van der Waals surface area (Å²) in [7, 11) is 1.74. The number of nitrogens with zero attached hydrogens (tertiary/aromatic N) is 2. The van der Waals surface area contributed by atoms with Gasteiger partial charge in [-0.15, -0.1) is 0 Å². The molecule has 0 saturated heterocycles. The number of aliphatic hydroxyl groups is 1. The second kappa shape index (κ2) is 6.06. The minimum atomic E-state index is -0.806. The van der Waals surface area contributed by atoms with Crippen molar-refractivity contribution in [3.05, 3.63) is 35.4 Å². The first-order valence-electron chi connectivity index (χ1n) is 6.98. The summed E-state index contributed by atoms with van der Waals surface area (Å²) in [5, 5.41) is 19.1. The van der Waals surface area contributed by atoms with E-state index in [0.717, 1.165) is 31.2 Å². The zero-order chi connectivity index (χ0) is 14.6. The number of nitriles is 1. The number of benzene rings is 1. The highest BCUT2D eigenvalue weighted by Crippen LogP contribution is 2.32. The van der Waals surface area contributed by atoms with Crippen LogP contribution in [0.5, 0.6) is 0 Å². The van der Waals surface area contributed by atoms with E-state index in [1.807, 2.05) is 12.1 Å². The Balaban J connectivity index is 1.95. The molecule has 0 bridgehead atoms. The molecule has 1 fully saturated rings. The maximum atomic E-state index is 12.2. The summed E-state index contributed by atoms with van der Waals surface area (Å²) in [5.41, 5.74) is 0.718. The van der Waals surface area contributed by atoms with Crippen LogP contribution in [-0.4, -0.2) is 28.6 Å². The molecule has 2 rings (SSSR count). The lowest BCUT2D eigenvalue weighted by Crippen LogP contribution is -2.35. The maximum Gasteiger partial charge on any atom is 0.225 e. The van der Waals surface area contributed by atoms with Gasteiger partial charge in [-0.3, -0.25) is 4.79 Å². The third kappa shape index (κ3) is 3.58. The SMILES string of the molecule is CN(Cc1cccc(C#N)c1)C(=O)CC1(O)CCCC1. The van der Waals surface area contributed by atoms with Gasteiger partial charge < -0.3 is 10.0 Å². The van der Waals surface area contributed by atoms with Gasteiger partial charge in [0.1, 0.15) is 0 Å². The summed E-state index contributed by atoms with van der Waals surface area (Å²) >= 11 is 0. The standard InChI is InChI=1S/C16H20N2O2/c1-18(12-14-6-4-5-13(9-14)11-17)15(19)10-16(20)7-2-3-8-16/h4-6,9,20H,2-3,7-8,10,12H2,1H3. The molecule has 0 aromatic heterocycles. The van der Waals surface area contributed by atoms with Crippen LogP contribution in [0, 0.1) is 11.3 Å². The number of carbonyl (C=O) groups is 1. The summed E-state index contributed by atoms with van der Waals surface area (Å²) in [6.07, 6.45) is 3.63. The molecule has 0 atom stereocenters. The van der Waals surface area contributed by atoms with E-state index in [1.54, 1.807) is 24.1 Å². The van der Waals surface area contributed by atoms with Crippen LogP contribution in [0.15, 0.2) is 24.3 Å². The zero-order valence-corrected chi connectivity index (χ0v) is 11.8. The van der Waals surface area contributed by atoms with Gasteiger partial charge in [-0.25, -0.2) is 0 Å². The van der Waals surface area contributed by atoms with Crippen LogP contribution in [0.25, 0.3) is 0 Å². The van der Waals surface area contributed by atoms with Crippen molar-refractivity contribution in [2.45, 2.75) is 44.2 Å². The van der Waals surface area contributed by atoms with E-state index in [0.29, 0.717) is 12.1 Å². The predicted octanol–water partition coefficient (Wildman–Crippen LogP) is 2.21. The van der Waals surface area contributed by atoms with E-state index in [4.69, 9.17) is 5.26 Å². The molecule has 1 amide bonds. The van der Waals surface area contributed by atoms with Gasteiger partial charge >= 0.3 is 0 Å². The fourth-order valence-corrected chi connectivity index (χ4v) is 2.73. The van der Waals surface area contributed by atoms with Crippen LogP contribution < -0.4 is 0 Å². The zero-order valence-electron chi connectivity index (χ0n) is 11.8. The molecule has 0 radical (unpaired) electrons. The molecule has 106 valence electrons. The van der Waals surface area contributed by atoms with Gasteiger partial charge in [0, 0.05) is 13.6 Å². The molecule has 4 nitrogen and oxygen atoms in total. The van der Waals surface area contributed by atoms with Crippen LogP contribution in [-0.2, 0) is 11.3 Å². The van der Waals surface area contributed by atoms with Gasteiger partial charge in [0.05, 0.1) is 23.7 Å². The van der Waals surface area contributed by atoms with E-state index in [-0.39, 0.29) is 12.3 Å². The first-order valence-corrected chi connectivity index (χ1v) is 6.98. The highest BCUT2D eigenvalue weighted by atomic mass is 16.3. The van der Waals surface area contributed by atoms with Crippen LogP contribution in [0.1, 0.15) is 43.2 Å². The van der Waals surface area contributed by atoms with Crippen molar-refractivity contribution >= 4 is 5.91 Å². The Bertz CT molecular complexity index is 528. The van der Waals surface area contributed by atoms with Crippen LogP contribution >= 0.6 is 0 Å². The van der Waals surface area contributed by atoms with Crippen LogP contribution in [0.4, 0.5) is 0 Å². The molecule has 0 heterocycles. The summed E-state index contributed by atoms with van der Waals surface area (Å²) in [5.74, 6) is -0.0447. The minimum absolute atomic E-state index is 0.0447. The van der Waals surface area contributed by atoms with E-state index < -0.39 is 5.60 Å². The average Bonchev–Trinajstić information content (AvgIpc) is 2.85. The van der Waals surface area contributed by atoms with Gasteiger partial charge in [0.25, 0.3) is 0 Å². The second-order valence-electron chi connectivity index (χ2n) is 5.67. The minimum Gasteiger partial charge on any atom is -0.389 e. The predicted molar refractivity (Wildman–Crippen MR) is 75.7 cm³/mol. The number of amides is 1. The summed E-state index contributed by atoms with van der Waals surface area (Å²) < 4.78 is 0. The molecule has 0 aliphatic heterocycles. The number of rotatable bonds is 4. The Morgan fingerprint density at radius 2 is 2.15 bits per heavy atom. The van der Waals surface area contributed by atoms with Crippen LogP contribution in [0.3, 0.4) is 0 Å². The molecule has 0 unspecified atom stereocenters. The molecular formula is C16H20N2O2. The number of carbonyl (C=O) groups excluding carboxylic acids is 1. The Morgan fingerprint density at radius 3 is 2.80 bits per heavy atom. The van der Waals surface area contributed by atoms with Crippen molar-refractivity contribution in [2.24, 2.45) is 0 Å². The smallest absolute Gasteiger partial charge is 0.225 e. The van der Waals surface area contributed by atoms with E-state index in [9.17, 15) is 9.90 Å². The summed E-state index contributed by atoms with van der Waals surface area (Å²) in [4.78, 5) is 13.8. The van der Waals surface area contributed by atoms with Gasteiger partial charge in [-0.1, -0.05) is 25.0 Å². The van der Waals surface area contributed by atoms with Gasteiger partial charge in [-0.2, -0.15) is 5.26 Å². The molecule has 1 N–H and O–H groups in total. The molecule has 4 heteroatoms. The second-order valence-corrected chi connectivity index (χ2v) is 5.67. The third-order valence-corrected chi connectivity index (χ3v) is 3.92. The lowest BCUT2D eigenvalue weighted by atomic mass is 9.97. The molecule has 20 heavy (non-hydrogen) atoms. The first-order chi connectivity index (χ1) is 9.52. The summed E-state index contributed by atoms with van der Waals surface area (Å²) in [6, 6.07) is 9.33. The lowest BCUT2D eigenvalue weighted by molar-refractivity contribution is -0.135. The highest BCUT2D eigenvalue weighted by molar-refractivity contribution is 5.77. The van der Waals surface area contributed by atoms with Crippen molar-refractivity contribution < 1.29 is 9.90 Å². The molecule has 0 spiro atoms. The van der Waals surface area contributed by atoms with Crippen molar-refractivity contribution in [1.29, 1.82) is 5.26 Å². The quantitative estimate of drug-likeness (QED) is 0.914. The lowest BCUT2D eigenvalue weighted by Gasteiger charge is -2.25. The van der Waals surface area contributed by atoms with Crippen molar-refractivity contribution in [3.8, 4) is 6.07 Å². The van der Waals surface area contributed by atoms with Crippen molar-refractivity contribution in [2.75, 3.05) is 7.05 Å². The van der Waals surface area contributed by atoms with Crippen molar-refractivity contribution in [1.82, 2.24) is 4.90 Å². The van der Waals surface area contributed by atoms with Crippen LogP contribution in [0.2, 0.25) is 0 Å². The molecule has 1 saturated carbocycles. The van der Waals surface area contributed by atoms with E-state index in [1.165, 1.54) is 0 Å². The third-order valence-electron chi connectivity index (χ3n) is 3.92. The van der Waals surface area contributed by atoms with Gasteiger partial charge in [0.2, 0.25) is 5.91 Å². The summed E-state index contributed by atoms with van der Waals surface area (Å²) in [6.45, 7) is 0.463. The van der Waals surface area contributed by atoms with E-state index >= 15 is 0 Å². The monoisotopic (exact) mass is 272 g/mol. The largest absolute Gasteiger partial charge is 0.389 e. The molecule has 1 aliphatic rings. The molecule has 1 aromatic rings. The topological polar surface area (TPSA) is 64.3 Å². The fraction of sp³-hybridized carbons (Fsp3) is 0.500. The number of hydrogen-bond acceptors (Lipinski definition) is 3. The van der Waals surface area contributed by atoms with Gasteiger partial charge in [0.15, 0.2) is 0 Å². The Labute approximate surface area is 119 Å². The number of hydrogen-bond donors (Lipinski definition) is 1. The molecule has 1 aromatic carbocycles. The normalized spacial score (nSPS) is 16.6. The maximum absolute atomic E-state index is 12.2. The van der Waals surface area contributed by atoms with Gasteiger partial charge in [-0.05, 0) is 30.5 Å². The molecular weight excluding hydrogens is 252 g/mol. The fourth-order valence-electron chi connectivity index (χ4n) is 2.73. The molecule has 1 aliphatic carbocycles. The average molecular weight is 272 g/mol. The Morgan fingerprint density at radius 1 is 1.45 bits per heavy atom. The Hall–Kier alpha value is -1.86. The Kier molecular flexibility index (Phi) is 4.41. The van der Waals surface area contributed by atoms with Crippen molar-refractivity contribution in [3.63, 3.8) is 0 Å².